The monoisotopic (exact) mass is 412 g/mol. The van der Waals surface area contributed by atoms with E-state index in [4.69, 9.17) is 9.31 Å². The van der Waals surface area contributed by atoms with E-state index < -0.39 is 13.2 Å². The van der Waals surface area contributed by atoms with Gasteiger partial charge in [0.2, 0.25) is 0 Å². The van der Waals surface area contributed by atoms with Crippen molar-refractivity contribution in [3.8, 4) is 0 Å². The number of H-pyrrole nitrogens is 1. The minimum absolute atomic E-state index is 0.317. The van der Waals surface area contributed by atoms with Crippen LogP contribution in [0.15, 0.2) is 18.2 Å². The lowest BCUT2D eigenvalue weighted by molar-refractivity contribution is 0.00578. The maximum Gasteiger partial charge on any atom is 0.512 e. The summed E-state index contributed by atoms with van der Waals surface area (Å²) in [5.74, 6) is 0.706. The molecule has 2 aromatic rings. The molecule has 1 aromatic heterocycles. The number of carbonyl (C=O) groups is 1. The molecule has 0 radical (unpaired) electrons. The molecule has 0 atom stereocenters. The minimum Gasteiger partial charge on any atom is -0.465 e. The van der Waals surface area contributed by atoms with Gasteiger partial charge < -0.3 is 24.3 Å². The van der Waals surface area contributed by atoms with Gasteiger partial charge in [0.25, 0.3) is 0 Å². The topological polar surface area (TPSA) is 74.8 Å². The van der Waals surface area contributed by atoms with E-state index in [2.05, 4.69) is 64.7 Å². The van der Waals surface area contributed by atoms with Crippen LogP contribution in [0.4, 0.5) is 4.79 Å². The van der Waals surface area contributed by atoms with Crippen molar-refractivity contribution in [2.24, 2.45) is 0 Å². The summed E-state index contributed by atoms with van der Waals surface area (Å²) in [6.45, 7) is 13.9. The molecule has 4 rings (SSSR count). The first-order valence-electron chi connectivity index (χ1n) is 11.0. The molecule has 162 valence electrons. The number of benzene rings is 1. The van der Waals surface area contributed by atoms with Crippen LogP contribution < -0.4 is 5.59 Å². The Hall–Kier alpha value is -1.99. The lowest BCUT2D eigenvalue weighted by atomic mass is 9.78. The van der Waals surface area contributed by atoms with Gasteiger partial charge in [-0.15, -0.1) is 0 Å². The first-order chi connectivity index (χ1) is 14.0. The third-order valence-corrected chi connectivity index (χ3v) is 7.20. The second-order valence-corrected chi connectivity index (χ2v) is 10.0. The number of likely N-dealkylation sites (tertiary alicyclic amines) is 1. The first kappa shape index (κ1) is 21.3. The number of nitrogens with zero attached hydrogens (tertiary/aromatic N) is 1. The summed E-state index contributed by atoms with van der Waals surface area (Å²) in [6, 6.07) is 6.61. The average Bonchev–Trinajstić information content (AvgIpc) is 3.15. The molecule has 3 heterocycles. The van der Waals surface area contributed by atoms with Gasteiger partial charge in [-0.25, -0.2) is 4.79 Å². The Morgan fingerprint density at radius 3 is 2.30 bits per heavy atom. The molecule has 2 aliphatic rings. The highest BCUT2D eigenvalue weighted by atomic mass is 16.7. The third kappa shape index (κ3) is 3.52. The number of rotatable bonds is 3. The molecule has 6 nitrogen and oxygen atoms in total. The standard InChI is InChI=1S/C23H33BN2O4/c1-14(2)19-17-13-16(15-9-11-26(12-10-15)21(27)28)7-8-18(17)25-20(19)24-29-22(3,4)23(5,6)30-24/h7-8,13-15,25H,9-12H2,1-6H3,(H,27,28). The van der Waals surface area contributed by atoms with Crippen LogP contribution in [0.2, 0.25) is 0 Å². The van der Waals surface area contributed by atoms with E-state index in [1.807, 2.05) is 0 Å². The highest BCUT2D eigenvalue weighted by molar-refractivity contribution is 6.62. The maximum absolute atomic E-state index is 11.2. The van der Waals surface area contributed by atoms with Crippen LogP contribution in [-0.2, 0) is 9.31 Å². The Morgan fingerprint density at radius 2 is 1.77 bits per heavy atom. The van der Waals surface area contributed by atoms with Crippen molar-refractivity contribution in [1.82, 2.24) is 9.88 Å². The molecule has 2 fully saturated rings. The van der Waals surface area contributed by atoms with Gasteiger partial charge in [0.15, 0.2) is 0 Å². The van der Waals surface area contributed by atoms with Crippen LogP contribution in [0.5, 0.6) is 0 Å². The highest BCUT2D eigenvalue weighted by Gasteiger charge is 2.53. The zero-order valence-corrected chi connectivity index (χ0v) is 18.9. The summed E-state index contributed by atoms with van der Waals surface area (Å²) in [6.07, 6.45) is 0.913. The lowest BCUT2D eigenvalue weighted by Gasteiger charge is -2.32. The minimum atomic E-state index is -0.816. The van der Waals surface area contributed by atoms with Crippen LogP contribution >= 0.6 is 0 Å². The summed E-state index contributed by atoms with van der Waals surface area (Å²) >= 11 is 0. The molecule has 2 N–H and O–H groups in total. The van der Waals surface area contributed by atoms with E-state index >= 15 is 0 Å². The Bertz CT molecular complexity index is 942. The summed E-state index contributed by atoms with van der Waals surface area (Å²) in [4.78, 5) is 16.3. The van der Waals surface area contributed by atoms with Gasteiger partial charge in [-0.2, -0.15) is 0 Å². The highest BCUT2D eigenvalue weighted by Crippen LogP contribution is 2.38. The van der Waals surface area contributed by atoms with Crippen molar-refractivity contribution in [2.45, 2.75) is 77.4 Å². The summed E-state index contributed by atoms with van der Waals surface area (Å²) in [7, 11) is -0.415. The summed E-state index contributed by atoms with van der Waals surface area (Å²) in [5.41, 5.74) is 3.87. The zero-order valence-electron chi connectivity index (χ0n) is 18.9. The molecule has 2 aliphatic heterocycles. The molecule has 1 amide bonds. The number of aromatic nitrogens is 1. The van der Waals surface area contributed by atoms with Gasteiger partial charge in [0.05, 0.1) is 11.2 Å². The van der Waals surface area contributed by atoms with Gasteiger partial charge in [-0.1, -0.05) is 19.9 Å². The van der Waals surface area contributed by atoms with Crippen LogP contribution in [0, 0.1) is 0 Å². The number of carboxylic acid groups (broad SMARTS) is 1. The number of aromatic amines is 1. The molecule has 0 aliphatic carbocycles. The number of nitrogens with one attached hydrogen (secondary N) is 1. The third-order valence-electron chi connectivity index (χ3n) is 7.20. The lowest BCUT2D eigenvalue weighted by Crippen LogP contribution is -2.41. The number of fused-ring (bicyclic) bond motifs is 1. The van der Waals surface area contributed by atoms with Gasteiger partial charge in [0.1, 0.15) is 0 Å². The van der Waals surface area contributed by atoms with E-state index in [-0.39, 0.29) is 11.2 Å². The second kappa shape index (κ2) is 7.31. The van der Waals surface area contributed by atoms with Crippen molar-refractivity contribution in [2.75, 3.05) is 13.1 Å². The number of hydrogen-bond acceptors (Lipinski definition) is 3. The van der Waals surface area contributed by atoms with Gasteiger partial charge in [0, 0.05) is 29.6 Å². The van der Waals surface area contributed by atoms with Crippen LogP contribution in [0.3, 0.4) is 0 Å². The van der Waals surface area contributed by atoms with E-state index in [9.17, 15) is 9.90 Å². The maximum atomic E-state index is 11.2. The van der Waals surface area contributed by atoms with E-state index in [1.54, 1.807) is 0 Å². The average molecular weight is 412 g/mol. The van der Waals surface area contributed by atoms with Crippen molar-refractivity contribution < 1.29 is 19.2 Å². The van der Waals surface area contributed by atoms with Crippen LogP contribution in [0.1, 0.15) is 77.3 Å². The van der Waals surface area contributed by atoms with E-state index in [1.165, 1.54) is 21.4 Å². The molecule has 0 bridgehead atoms. The molecule has 30 heavy (non-hydrogen) atoms. The van der Waals surface area contributed by atoms with Crippen LogP contribution in [0.25, 0.3) is 10.9 Å². The van der Waals surface area contributed by atoms with Crippen molar-refractivity contribution >= 4 is 29.7 Å². The molecule has 0 saturated carbocycles. The van der Waals surface area contributed by atoms with Gasteiger partial charge in [-0.05, 0) is 75.6 Å². The fourth-order valence-electron chi connectivity index (χ4n) is 4.68. The molecular weight excluding hydrogens is 379 g/mol. The SMILES string of the molecule is CC(C)c1c(B2OC(C)(C)C(C)(C)O2)[nH]c2ccc(C3CCN(C(=O)O)CC3)cc12. The molecule has 1 aromatic carbocycles. The largest absolute Gasteiger partial charge is 0.512 e. The van der Waals surface area contributed by atoms with E-state index in [0.29, 0.717) is 24.9 Å². The molecule has 0 spiro atoms. The second-order valence-electron chi connectivity index (χ2n) is 10.0. The van der Waals surface area contributed by atoms with Crippen molar-refractivity contribution in [3.05, 3.63) is 29.3 Å². The fourth-order valence-corrected chi connectivity index (χ4v) is 4.68. The normalized spacial score (nSPS) is 21.7. The zero-order chi connectivity index (χ0) is 21.8. The Morgan fingerprint density at radius 1 is 1.17 bits per heavy atom. The first-order valence-corrected chi connectivity index (χ1v) is 11.0. The summed E-state index contributed by atoms with van der Waals surface area (Å²) < 4.78 is 12.7. The molecule has 2 saturated heterocycles. The molecular formula is C23H33BN2O4. The van der Waals surface area contributed by atoms with Gasteiger partial charge in [-0.3, -0.25) is 0 Å². The fraction of sp³-hybridized carbons (Fsp3) is 0.609. The van der Waals surface area contributed by atoms with Crippen molar-refractivity contribution in [3.63, 3.8) is 0 Å². The number of piperidine rings is 1. The Kier molecular flexibility index (Phi) is 5.18. The molecule has 0 unspecified atom stereocenters. The number of amides is 1. The van der Waals surface area contributed by atoms with E-state index in [0.717, 1.165) is 24.0 Å². The van der Waals surface area contributed by atoms with Crippen LogP contribution in [-0.4, -0.2) is 52.5 Å². The predicted octanol–water partition coefficient (Wildman–Crippen LogP) is 4.45. The Labute approximate surface area is 179 Å². The smallest absolute Gasteiger partial charge is 0.465 e. The van der Waals surface area contributed by atoms with Gasteiger partial charge >= 0.3 is 13.2 Å². The summed E-state index contributed by atoms with van der Waals surface area (Å²) in [5, 5.41) is 10.4. The Balaban J connectivity index is 1.68. The molecule has 7 heteroatoms. The number of hydrogen-bond donors (Lipinski definition) is 2. The quantitative estimate of drug-likeness (QED) is 0.731. The van der Waals surface area contributed by atoms with Crippen molar-refractivity contribution in [1.29, 1.82) is 0 Å². The predicted molar refractivity (Wildman–Crippen MR) is 120 cm³/mol.